The summed E-state index contributed by atoms with van der Waals surface area (Å²) in [6.07, 6.45) is 9.02. The Morgan fingerprint density at radius 3 is 2.76 bits per heavy atom. The van der Waals surface area contributed by atoms with Crippen molar-refractivity contribution in [1.29, 1.82) is 0 Å². The molecule has 0 aliphatic carbocycles. The van der Waals surface area contributed by atoms with Crippen LogP contribution in [-0.2, 0) is 17.7 Å². The van der Waals surface area contributed by atoms with Crippen LogP contribution >= 0.6 is 11.3 Å². The van der Waals surface area contributed by atoms with Gasteiger partial charge in [-0.25, -0.2) is 9.97 Å². The molecule has 3 aromatic heterocycles. The second kappa shape index (κ2) is 9.96. The Morgan fingerprint density at radius 2 is 2.06 bits per heavy atom. The molecule has 0 spiro atoms. The van der Waals surface area contributed by atoms with E-state index in [-0.39, 0.29) is 5.54 Å². The standard InChI is InChI=1S/C27H39N5OS/c1-5-6-7-22-30-23-24(32(22)17-18-10-14-33-15-11-18)25-20(29-26(23)31-27(2,3)4)16-21(34-25)19-8-12-28-13-9-19/h8,16,18,28H,5-7,9-15,17H2,1-4H3,(H,29,31). The molecule has 6 nitrogen and oxygen atoms in total. The summed E-state index contributed by atoms with van der Waals surface area (Å²) >= 11 is 1.90. The lowest BCUT2D eigenvalue weighted by Gasteiger charge is -2.24. The van der Waals surface area contributed by atoms with Gasteiger partial charge in [0.2, 0.25) is 0 Å². The van der Waals surface area contributed by atoms with Gasteiger partial charge in [-0.15, -0.1) is 11.3 Å². The number of rotatable bonds is 7. The van der Waals surface area contributed by atoms with Crippen molar-refractivity contribution in [1.82, 2.24) is 19.9 Å². The lowest BCUT2D eigenvalue weighted by Crippen LogP contribution is -2.26. The summed E-state index contributed by atoms with van der Waals surface area (Å²) in [5.74, 6) is 2.77. The van der Waals surface area contributed by atoms with Crippen LogP contribution in [0.3, 0.4) is 0 Å². The van der Waals surface area contributed by atoms with Gasteiger partial charge in [0, 0.05) is 43.1 Å². The molecule has 5 rings (SSSR count). The number of nitrogens with one attached hydrogen (secondary N) is 2. The Bertz CT molecular complexity index is 1180. The number of nitrogens with zero attached hydrogens (tertiary/aromatic N) is 3. The maximum Gasteiger partial charge on any atom is 0.155 e. The third-order valence-corrected chi connectivity index (χ3v) is 8.05. The van der Waals surface area contributed by atoms with E-state index in [0.717, 1.165) is 81.8 Å². The third kappa shape index (κ3) is 5.02. The van der Waals surface area contributed by atoms with Gasteiger partial charge in [-0.05, 0) is 70.6 Å². The molecule has 34 heavy (non-hydrogen) atoms. The molecule has 5 heterocycles. The zero-order chi connectivity index (χ0) is 23.7. The number of hydrogen-bond acceptors (Lipinski definition) is 6. The van der Waals surface area contributed by atoms with Crippen molar-refractivity contribution in [2.75, 3.05) is 31.6 Å². The maximum absolute atomic E-state index is 5.66. The van der Waals surface area contributed by atoms with Crippen molar-refractivity contribution < 1.29 is 4.74 Å². The normalized spacial score (nSPS) is 18.1. The van der Waals surface area contributed by atoms with Crippen LogP contribution in [0.4, 0.5) is 5.82 Å². The summed E-state index contributed by atoms with van der Waals surface area (Å²) in [6.45, 7) is 13.6. The van der Waals surface area contributed by atoms with E-state index in [2.05, 4.69) is 55.0 Å². The first-order valence-electron chi connectivity index (χ1n) is 13.0. The van der Waals surface area contributed by atoms with E-state index in [1.165, 1.54) is 32.9 Å². The fourth-order valence-electron chi connectivity index (χ4n) is 5.06. The number of ether oxygens (including phenoxy) is 1. The molecule has 3 aromatic rings. The van der Waals surface area contributed by atoms with E-state index in [0.29, 0.717) is 5.92 Å². The number of thiophene rings is 1. The minimum absolute atomic E-state index is 0.0852. The molecule has 1 saturated heterocycles. The quantitative estimate of drug-likeness (QED) is 0.433. The average Bonchev–Trinajstić information content (AvgIpc) is 3.40. The summed E-state index contributed by atoms with van der Waals surface area (Å²) < 4.78 is 9.50. The molecule has 0 saturated carbocycles. The number of aromatic nitrogens is 3. The van der Waals surface area contributed by atoms with Crippen LogP contribution in [0.25, 0.3) is 26.8 Å². The number of anilines is 1. The summed E-state index contributed by atoms with van der Waals surface area (Å²) in [5.41, 5.74) is 4.77. The molecule has 0 atom stereocenters. The van der Waals surface area contributed by atoms with Crippen LogP contribution < -0.4 is 10.6 Å². The summed E-state index contributed by atoms with van der Waals surface area (Å²) in [6, 6.07) is 2.31. The number of unbranched alkanes of at least 4 members (excludes halogenated alkanes) is 1. The largest absolute Gasteiger partial charge is 0.381 e. The second-order valence-corrected chi connectivity index (χ2v) is 11.9. The molecule has 0 aromatic carbocycles. The average molecular weight is 482 g/mol. The maximum atomic E-state index is 5.66. The predicted molar refractivity (Wildman–Crippen MR) is 144 cm³/mol. The number of hydrogen-bond donors (Lipinski definition) is 2. The van der Waals surface area contributed by atoms with Crippen molar-refractivity contribution in [2.45, 2.75) is 78.3 Å². The SMILES string of the molecule is CCCCc1nc2c(NC(C)(C)C)nc3cc(C4=CCNCC4)sc3c2n1CC1CCOCC1. The van der Waals surface area contributed by atoms with Crippen molar-refractivity contribution in [3.8, 4) is 0 Å². The van der Waals surface area contributed by atoms with Gasteiger partial charge in [-0.1, -0.05) is 19.4 Å². The third-order valence-electron chi connectivity index (χ3n) is 6.84. The van der Waals surface area contributed by atoms with E-state index < -0.39 is 0 Å². The van der Waals surface area contributed by atoms with Crippen LogP contribution in [0.2, 0.25) is 0 Å². The van der Waals surface area contributed by atoms with E-state index >= 15 is 0 Å². The lowest BCUT2D eigenvalue weighted by atomic mass is 10.00. The predicted octanol–water partition coefficient (Wildman–Crippen LogP) is 6.00. The number of fused-ring (bicyclic) bond motifs is 3. The molecular weight excluding hydrogens is 442 g/mol. The highest BCUT2D eigenvalue weighted by Crippen LogP contribution is 2.40. The van der Waals surface area contributed by atoms with E-state index in [1.807, 2.05) is 11.3 Å². The fraction of sp³-hybridized carbons (Fsp3) is 0.630. The number of imidazole rings is 1. The van der Waals surface area contributed by atoms with Crippen molar-refractivity contribution in [2.24, 2.45) is 5.92 Å². The van der Waals surface area contributed by atoms with E-state index in [1.54, 1.807) is 0 Å². The van der Waals surface area contributed by atoms with E-state index in [4.69, 9.17) is 14.7 Å². The molecule has 1 fully saturated rings. The van der Waals surface area contributed by atoms with Gasteiger partial charge in [0.15, 0.2) is 5.82 Å². The van der Waals surface area contributed by atoms with Gasteiger partial charge in [0.25, 0.3) is 0 Å². The molecule has 0 bridgehead atoms. The molecule has 0 radical (unpaired) electrons. The Labute approximate surface area is 207 Å². The fourth-order valence-corrected chi connectivity index (χ4v) is 6.28. The Balaban J connectivity index is 1.70. The summed E-state index contributed by atoms with van der Waals surface area (Å²) in [4.78, 5) is 11.8. The van der Waals surface area contributed by atoms with Gasteiger partial charge in [0.05, 0.1) is 15.7 Å². The highest BCUT2D eigenvalue weighted by atomic mass is 32.1. The lowest BCUT2D eigenvalue weighted by molar-refractivity contribution is 0.0613. The van der Waals surface area contributed by atoms with Crippen molar-refractivity contribution in [3.05, 3.63) is 22.8 Å². The van der Waals surface area contributed by atoms with Crippen LogP contribution in [-0.4, -0.2) is 46.4 Å². The molecule has 2 aliphatic heterocycles. The van der Waals surface area contributed by atoms with Crippen molar-refractivity contribution >= 4 is 44.0 Å². The Hall–Kier alpha value is -1.96. The van der Waals surface area contributed by atoms with Gasteiger partial charge in [-0.2, -0.15) is 0 Å². The topological polar surface area (TPSA) is 64.0 Å². The van der Waals surface area contributed by atoms with Crippen LogP contribution in [0.15, 0.2) is 12.1 Å². The van der Waals surface area contributed by atoms with Crippen LogP contribution in [0.1, 0.15) is 70.5 Å². The minimum atomic E-state index is -0.0852. The van der Waals surface area contributed by atoms with Crippen LogP contribution in [0.5, 0.6) is 0 Å². The smallest absolute Gasteiger partial charge is 0.155 e. The highest BCUT2D eigenvalue weighted by molar-refractivity contribution is 7.21. The number of pyridine rings is 1. The van der Waals surface area contributed by atoms with Crippen LogP contribution in [0, 0.1) is 5.92 Å². The molecule has 2 aliphatic rings. The summed E-state index contributed by atoms with van der Waals surface area (Å²) in [5, 5.41) is 7.12. The van der Waals surface area contributed by atoms with Gasteiger partial charge in [-0.3, -0.25) is 0 Å². The first kappa shape index (κ1) is 23.8. The molecule has 184 valence electrons. The Morgan fingerprint density at radius 1 is 1.24 bits per heavy atom. The Kier molecular flexibility index (Phi) is 6.96. The first-order valence-corrected chi connectivity index (χ1v) is 13.8. The second-order valence-electron chi connectivity index (χ2n) is 10.8. The minimum Gasteiger partial charge on any atom is -0.381 e. The molecular formula is C27H39N5OS. The molecule has 7 heteroatoms. The van der Waals surface area contributed by atoms with E-state index in [9.17, 15) is 0 Å². The molecule has 0 amide bonds. The summed E-state index contributed by atoms with van der Waals surface area (Å²) in [7, 11) is 0. The number of aryl methyl sites for hydroxylation is 1. The van der Waals surface area contributed by atoms with Gasteiger partial charge in [0.1, 0.15) is 11.3 Å². The van der Waals surface area contributed by atoms with Crippen molar-refractivity contribution in [3.63, 3.8) is 0 Å². The first-order chi connectivity index (χ1) is 16.4. The van der Waals surface area contributed by atoms with Gasteiger partial charge >= 0.3 is 0 Å². The zero-order valence-corrected chi connectivity index (χ0v) is 22.0. The monoisotopic (exact) mass is 481 g/mol. The molecule has 2 N–H and O–H groups in total. The highest BCUT2D eigenvalue weighted by Gasteiger charge is 2.25. The zero-order valence-electron chi connectivity index (χ0n) is 21.2. The molecule has 0 unspecified atom stereocenters. The van der Waals surface area contributed by atoms with Gasteiger partial charge < -0.3 is 19.9 Å².